The summed E-state index contributed by atoms with van der Waals surface area (Å²) in [5.41, 5.74) is 0. The number of halogens is 1. The molecular weight excluding hydrogens is 228 g/mol. The number of alkyl halides is 1. The zero-order valence-corrected chi connectivity index (χ0v) is 9.42. The summed E-state index contributed by atoms with van der Waals surface area (Å²) in [6, 6.07) is 6.68. The first-order valence-electron chi connectivity index (χ1n) is 3.53. The van der Waals surface area contributed by atoms with Gasteiger partial charge in [0, 0.05) is 11.2 Å². The molecule has 1 aromatic rings. The average Bonchev–Trinajstić information content (AvgIpc) is 2.04. The SMILES string of the molecule is CS(=O)(=O)c1ccc(SCCl)cc1. The maximum absolute atomic E-state index is 11.1. The first-order chi connectivity index (χ1) is 6.04. The van der Waals surface area contributed by atoms with E-state index in [0.717, 1.165) is 4.90 Å². The Kier molecular flexibility index (Phi) is 3.64. The van der Waals surface area contributed by atoms with Crippen LogP contribution in [0.4, 0.5) is 0 Å². The van der Waals surface area contributed by atoms with Gasteiger partial charge in [0.25, 0.3) is 0 Å². The van der Waals surface area contributed by atoms with E-state index in [9.17, 15) is 8.42 Å². The van der Waals surface area contributed by atoms with Crippen molar-refractivity contribution in [2.45, 2.75) is 9.79 Å². The van der Waals surface area contributed by atoms with Crippen LogP contribution in [0.15, 0.2) is 34.1 Å². The second-order valence-electron chi connectivity index (χ2n) is 2.50. The fourth-order valence-electron chi connectivity index (χ4n) is 0.846. The highest BCUT2D eigenvalue weighted by Gasteiger charge is 2.05. The maximum atomic E-state index is 11.1. The molecule has 0 heterocycles. The molecule has 0 radical (unpaired) electrons. The fraction of sp³-hybridized carbons (Fsp3) is 0.250. The topological polar surface area (TPSA) is 34.1 Å². The van der Waals surface area contributed by atoms with E-state index in [1.165, 1.54) is 18.0 Å². The third-order valence-corrected chi connectivity index (χ3v) is 3.64. The summed E-state index contributed by atoms with van der Waals surface area (Å²) in [6.45, 7) is 0. The lowest BCUT2D eigenvalue weighted by molar-refractivity contribution is 0.602. The third kappa shape index (κ3) is 3.21. The molecule has 2 nitrogen and oxygen atoms in total. The molecule has 0 aliphatic rings. The Morgan fingerprint density at radius 2 is 1.85 bits per heavy atom. The predicted molar refractivity (Wildman–Crippen MR) is 56.1 cm³/mol. The lowest BCUT2D eigenvalue weighted by atomic mass is 10.4. The Morgan fingerprint density at radius 3 is 2.23 bits per heavy atom. The Balaban J connectivity index is 2.94. The Hall–Kier alpha value is -0.190. The number of hydrogen-bond donors (Lipinski definition) is 0. The number of thioether (sulfide) groups is 1. The monoisotopic (exact) mass is 236 g/mol. The summed E-state index contributed by atoms with van der Waals surface area (Å²) in [4.78, 5) is 1.31. The van der Waals surface area contributed by atoms with E-state index in [-0.39, 0.29) is 0 Å². The van der Waals surface area contributed by atoms with E-state index in [1.54, 1.807) is 24.3 Å². The first-order valence-corrected chi connectivity index (χ1v) is 6.94. The molecule has 0 N–H and O–H groups in total. The van der Waals surface area contributed by atoms with Crippen LogP contribution in [0.3, 0.4) is 0 Å². The van der Waals surface area contributed by atoms with Crippen LogP contribution in [0.5, 0.6) is 0 Å². The van der Waals surface area contributed by atoms with Crippen molar-refractivity contribution < 1.29 is 8.42 Å². The molecule has 0 saturated heterocycles. The largest absolute Gasteiger partial charge is 0.224 e. The molecule has 0 saturated carbocycles. The zero-order chi connectivity index (χ0) is 9.90. The van der Waals surface area contributed by atoms with Gasteiger partial charge in [0.15, 0.2) is 9.84 Å². The Bertz CT molecular complexity index is 370. The van der Waals surface area contributed by atoms with Gasteiger partial charge in [-0.25, -0.2) is 8.42 Å². The molecule has 1 rings (SSSR count). The molecule has 1 aromatic carbocycles. The van der Waals surface area contributed by atoms with Crippen LogP contribution in [0, 0.1) is 0 Å². The Morgan fingerprint density at radius 1 is 1.31 bits per heavy atom. The van der Waals surface area contributed by atoms with Crippen molar-refractivity contribution in [3.63, 3.8) is 0 Å². The standard InChI is InChI=1S/C8H9ClO2S2/c1-13(10,11)8-4-2-7(3-5-8)12-6-9/h2-5H,6H2,1H3. The maximum Gasteiger partial charge on any atom is 0.175 e. The minimum atomic E-state index is -3.08. The smallest absolute Gasteiger partial charge is 0.175 e. The quantitative estimate of drug-likeness (QED) is 0.597. The molecule has 5 heteroatoms. The molecule has 0 aliphatic carbocycles. The van der Waals surface area contributed by atoms with Crippen LogP contribution in [-0.2, 0) is 9.84 Å². The van der Waals surface area contributed by atoms with Gasteiger partial charge in [-0.3, -0.25) is 0 Å². The van der Waals surface area contributed by atoms with E-state index in [1.807, 2.05) is 0 Å². The highest BCUT2D eigenvalue weighted by Crippen LogP contribution is 2.20. The fourth-order valence-corrected chi connectivity index (χ4v) is 2.31. The molecule has 0 fully saturated rings. The summed E-state index contributed by atoms with van der Waals surface area (Å²) >= 11 is 6.98. The van der Waals surface area contributed by atoms with E-state index in [2.05, 4.69) is 0 Å². The summed E-state index contributed by atoms with van der Waals surface area (Å²) in [5.74, 6) is 0. The normalized spacial score (nSPS) is 11.5. The molecule has 0 spiro atoms. The zero-order valence-electron chi connectivity index (χ0n) is 7.03. The van der Waals surface area contributed by atoms with E-state index in [0.29, 0.717) is 10.1 Å². The van der Waals surface area contributed by atoms with Gasteiger partial charge in [0.2, 0.25) is 0 Å². The number of hydrogen-bond acceptors (Lipinski definition) is 3. The van der Waals surface area contributed by atoms with Crippen molar-refractivity contribution in [3.05, 3.63) is 24.3 Å². The van der Waals surface area contributed by atoms with Crippen molar-refractivity contribution in [2.75, 3.05) is 11.5 Å². The lowest BCUT2D eigenvalue weighted by Gasteiger charge is -1.99. The average molecular weight is 237 g/mol. The molecule has 0 aromatic heterocycles. The number of rotatable bonds is 3. The Labute approximate surface area is 87.2 Å². The van der Waals surface area contributed by atoms with Crippen LogP contribution in [-0.4, -0.2) is 19.9 Å². The van der Waals surface area contributed by atoms with Crippen LogP contribution in [0.2, 0.25) is 0 Å². The van der Waals surface area contributed by atoms with Crippen molar-refractivity contribution >= 4 is 33.2 Å². The van der Waals surface area contributed by atoms with Crippen LogP contribution in [0.1, 0.15) is 0 Å². The highest BCUT2D eigenvalue weighted by atomic mass is 35.5. The van der Waals surface area contributed by atoms with Gasteiger partial charge >= 0.3 is 0 Å². The van der Waals surface area contributed by atoms with Crippen LogP contribution < -0.4 is 0 Å². The van der Waals surface area contributed by atoms with Gasteiger partial charge in [0.1, 0.15) is 0 Å². The number of sulfone groups is 1. The van der Waals surface area contributed by atoms with Gasteiger partial charge in [-0.2, -0.15) is 0 Å². The van der Waals surface area contributed by atoms with E-state index >= 15 is 0 Å². The molecule has 0 amide bonds. The van der Waals surface area contributed by atoms with Crippen LogP contribution in [0.25, 0.3) is 0 Å². The molecule has 0 atom stereocenters. The summed E-state index contributed by atoms with van der Waals surface area (Å²) in [7, 11) is -3.08. The second kappa shape index (κ2) is 4.35. The van der Waals surface area contributed by atoms with Gasteiger partial charge < -0.3 is 0 Å². The molecular formula is C8H9ClO2S2. The molecule has 0 aliphatic heterocycles. The van der Waals surface area contributed by atoms with Crippen molar-refractivity contribution in [3.8, 4) is 0 Å². The minimum Gasteiger partial charge on any atom is -0.224 e. The molecule has 0 unspecified atom stereocenters. The first kappa shape index (κ1) is 10.9. The number of benzene rings is 1. The lowest BCUT2D eigenvalue weighted by Crippen LogP contribution is -1.95. The summed E-state index contributed by atoms with van der Waals surface area (Å²) in [5, 5.41) is 0.470. The van der Waals surface area contributed by atoms with Crippen molar-refractivity contribution in [1.29, 1.82) is 0 Å². The molecule has 13 heavy (non-hydrogen) atoms. The molecule has 0 bridgehead atoms. The molecule has 72 valence electrons. The second-order valence-corrected chi connectivity index (χ2v) is 6.15. The van der Waals surface area contributed by atoms with E-state index in [4.69, 9.17) is 11.6 Å². The minimum absolute atomic E-state index is 0.339. The predicted octanol–water partition coefficient (Wildman–Crippen LogP) is 2.38. The third-order valence-electron chi connectivity index (χ3n) is 1.47. The summed E-state index contributed by atoms with van der Waals surface area (Å²) in [6.07, 6.45) is 1.19. The van der Waals surface area contributed by atoms with Crippen LogP contribution >= 0.6 is 23.4 Å². The van der Waals surface area contributed by atoms with E-state index < -0.39 is 9.84 Å². The highest BCUT2D eigenvalue weighted by molar-refractivity contribution is 8.00. The van der Waals surface area contributed by atoms with Gasteiger partial charge in [-0.15, -0.1) is 23.4 Å². The van der Waals surface area contributed by atoms with Crippen molar-refractivity contribution in [1.82, 2.24) is 0 Å². The van der Waals surface area contributed by atoms with Gasteiger partial charge in [-0.05, 0) is 24.3 Å². The van der Waals surface area contributed by atoms with Crippen molar-refractivity contribution in [2.24, 2.45) is 0 Å². The van der Waals surface area contributed by atoms with Gasteiger partial charge in [0.05, 0.1) is 10.1 Å². The van der Waals surface area contributed by atoms with Gasteiger partial charge in [-0.1, -0.05) is 0 Å². The summed E-state index contributed by atoms with van der Waals surface area (Å²) < 4.78 is 22.1.